The lowest BCUT2D eigenvalue weighted by atomic mass is 10.2. The van der Waals surface area contributed by atoms with Crippen LogP contribution in [0.1, 0.15) is 5.56 Å². The minimum Gasteiger partial charge on any atom is -0.497 e. The van der Waals surface area contributed by atoms with Crippen molar-refractivity contribution in [3.05, 3.63) is 74.0 Å². The van der Waals surface area contributed by atoms with Gasteiger partial charge in [-0.25, -0.2) is 0 Å². The zero-order valence-electron chi connectivity index (χ0n) is 13.1. The van der Waals surface area contributed by atoms with Crippen LogP contribution in [0.5, 0.6) is 5.75 Å². The van der Waals surface area contributed by atoms with Crippen molar-refractivity contribution in [3.8, 4) is 17.1 Å². The van der Waals surface area contributed by atoms with Gasteiger partial charge in [0.1, 0.15) is 5.75 Å². The predicted molar refractivity (Wildman–Crippen MR) is 99.4 cm³/mol. The van der Waals surface area contributed by atoms with Crippen molar-refractivity contribution >= 4 is 34.0 Å². The fourth-order valence-electron chi connectivity index (χ4n) is 2.47. The van der Waals surface area contributed by atoms with Gasteiger partial charge < -0.3 is 4.74 Å². The molecule has 2 aromatic carbocycles. The third-order valence-corrected chi connectivity index (χ3v) is 4.85. The number of hydrogen-bond donors (Lipinski definition) is 0. The number of aromatic nitrogens is 3. The molecule has 0 atom stereocenters. The van der Waals surface area contributed by atoms with Crippen LogP contribution in [0.25, 0.3) is 22.4 Å². The SMILES string of the molecule is COc1cccc(C=c2sc3nc(-c4cccc(Cl)c4)nn3c2=O)c1. The first kappa shape index (κ1) is 15.8. The van der Waals surface area contributed by atoms with Crippen LogP contribution in [0.2, 0.25) is 5.02 Å². The Kier molecular flexibility index (Phi) is 3.99. The van der Waals surface area contributed by atoms with Crippen LogP contribution in [0.3, 0.4) is 0 Å². The third kappa shape index (κ3) is 3.01. The van der Waals surface area contributed by atoms with E-state index < -0.39 is 0 Å². The largest absolute Gasteiger partial charge is 0.497 e. The molecule has 4 rings (SSSR count). The molecule has 124 valence electrons. The van der Waals surface area contributed by atoms with Crippen molar-refractivity contribution < 1.29 is 4.74 Å². The molecule has 0 amide bonds. The van der Waals surface area contributed by atoms with Gasteiger partial charge in [-0.2, -0.15) is 9.50 Å². The topological polar surface area (TPSA) is 56.5 Å². The molecule has 0 aliphatic rings. The second-order valence-electron chi connectivity index (χ2n) is 5.33. The van der Waals surface area contributed by atoms with Crippen molar-refractivity contribution in [3.63, 3.8) is 0 Å². The van der Waals surface area contributed by atoms with E-state index in [0.29, 0.717) is 20.3 Å². The molecule has 4 aromatic rings. The Morgan fingerprint density at radius 2 is 2.04 bits per heavy atom. The summed E-state index contributed by atoms with van der Waals surface area (Å²) in [6.07, 6.45) is 1.81. The highest BCUT2D eigenvalue weighted by Gasteiger charge is 2.12. The number of nitrogens with zero attached hydrogens (tertiary/aromatic N) is 3. The number of ether oxygens (including phenoxy) is 1. The second kappa shape index (κ2) is 6.31. The summed E-state index contributed by atoms with van der Waals surface area (Å²) in [6.45, 7) is 0. The molecule has 0 bridgehead atoms. The molecule has 0 spiro atoms. The summed E-state index contributed by atoms with van der Waals surface area (Å²) in [5.74, 6) is 1.22. The molecule has 0 fully saturated rings. The minimum atomic E-state index is -0.191. The van der Waals surface area contributed by atoms with Crippen molar-refractivity contribution in [2.24, 2.45) is 0 Å². The standard InChI is InChI=1S/C18H12ClN3O2S/c1-24-14-7-2-4-11(8-14)9-15-17(23)22-18(25-15)20-16(21-22)12-5-3-6-13(19)10-12/h2-10H,1H3. The highest BCUT2D eigenvalue weighted by Crippen LogP contribution is 2.20. The van der Waals surface area contributed by atoms with Gasteiger partial charge in [0.2, 0.25) is 4.96 Å². The highest BCUT2D eigenvalue weighted by molar-refractivity contribution is 7.15. The Hall–Kier alpha value is -2.70. The quantitative estimate of drug-likeness (QED) is 0.557. The minimum absolute atomic E-state index is 0.191. The molecule has 0 saturated carbocycles. The van der Waals surface area contributed by atoms with Crippen LogP contribution >= 0.6 is 22.9 Å². The van der Waals surface area contributed by atoms with Crippen molar-refractivity contribution in [2.45, 2.75) is 0 Å². The normalized spacial score (nSPS) is 12.0. The summed E-state index contributed by atoms with van der Waals surface area (Å²) in [5, 5.41) is 4.92. The zero-order chi connectivity index (χ0) is 17.4. The molecule has 5 nitrogen and oxygen atoms in total. The molecule has 0 saturated heterocycles. The van der Waals surface area contributed by atoms with Gasteiger partial charge in [0.15, 0.2) is 5.82 Å². The van der Waals surface area contributed by atoms with Crippen LogP contribution in [0.15, 0.2) is 53.3 Å². The Morgan fingerprint density at radius 3 is 2.80 bits per heavy atom. The van der Waals surface area contributed by atoms with Gasteiger partial charge >= 0.3 is 0 Å². The molecule has 7 heteroatoms. The van der Waals surface area contributed by atoms with Gasteiger partial charge in [0.25, 0.3) is 5.56 Å². The van der Waals surface area contributed by atoms with E-state index in [1.807, 2.05) is 42.5 Å². The summed E-state index contributed by atoms with van der Waals surface area (Å²) in [7, 11) is 1.61. The number of thiazole rings is 1. The number of fused-ring (bicyclic) bond motifs is 1. The van der Waals surface area contributed by atoms with E-state index in [4.69, 9.17) is 16.3 Å². The van der Waals surface area contributed by atoms with E-state index in [1.165, 1.54) is 15.9 Å². The maximum Gasteiger partial charge on any atom is 0.291 e. The fraction of sp³-hybridized carbons (Fsp3) is 0.0556. The number of benzene rings is 2. The molecule has 2 heterocycles. The van der Waals surface area contributed by atoms with Crippen LogP contribution < -0.4 is 14.8 Å². The average Bonchev–Trinajstić information content (AvgIpc) is 3.15. The molecule has 0 aliphatic heterocycles. The van der Waals surface area contributed by atoms with E-state index in [0.717, 1.165) is 16.9 Å². The number of methoxy groups -OCH3 is 1. The van der Waals surface area contributed by atoms with Gasteiger partial charge in [-0.3, -0.25) is 4.79 Å². The van der Waals surface area contributed by atoms with Crippen LogP contribution in [-0.4, -0.2) is 21.7 Å². The second-order valence-corrected chi connectivity index (χ2v) is 6.78. The van der Waals surface area contributed by atoms with Gasteiger partial charge in [-0.05, 0) is 35.9 Å². The van der Waals surface area contributed by atoms with E-state index in [1.54, 1.807) is 19.2 Å². The lowest BCUT2D eigenvalue weighted by Gasteiger charge is -1.99. The number of hydrogen-bond acceptors (Lipinski definition) is 5. The van der Waals surface area contributed by atoms with E-state index >= 15 is 0 Å². The summed E-state index contributed by atoms with van der Waals surface area (Å²) in [4.78, 5) is 17.6. The predicted octanol–water partition coefficient (Wildman–Crippen LogP) is 3.03. The van der Waals surface area contributed by atoms with Crippen molar-refractivity contribution in [1.29, 1.82) is 0 Å². The Labute approximate surface area is 151 Å². The maximum atomic E-state index is 12.6. The average molecular weight is 370 g/mol. The fourth-order valence-corrected chi connectivity index (χ4v) is 3.56. The maximum absolute atomic E-state index is 12.6. The van der Waals surface area contributed by atoms with Gasteiger partial charge in [0, 0.05) is 10.6 Å². The van der Waals surface area contributed by atoms with Crippen LogP contribution in [0, 0.1) is 0 Å². The van der Waals surface area contributed by atoms with Gasteiger partial charge in [-0.15, -0.1) is 5.10 Å². The molecule has 0 radical (unpaired) electrons. The van der Waals surface area contributed by atoms with Crippen LogP contribution in [-0.2, 0) is 0 Å². The van der Waals surface area contributed by atoms with Gasteiger partial charge in [-0.1, -0.05) is 47.2 Å². The molecular weight excluding hydrogens is 358 g/mol. The molecule has 0 unspecified atom stereocenters. The zero-order valence-corrected chi connectivity index (χ0v) is 14.7. The van der Waals surface area contributed by atoms with E-state index in [-0.39, 0.29) is 5.56 Å². The summed E-state index contributed by atoms with van der Waals surface area (Å²) < 4.78 is 7.10. The Balaban J connectivity index is 1.80. The molecule has 2 aromatic heterocycles. The first-order valence-corrected chi connectivity index (χ1v) is 8.65. The first-order valence-electron chi connectivity index (χ1n) is 7.45. The number of halogens is 1. The highest BCUT2D eigenvalue weighted by atomic mass is 35.5. The first-order chi connectivity index (χ1) is 12.1. The van der Waals surface area contributed by atoms with Gasteiger partial charge in [0.05, 0.1) is 11.6 Å². The summed E-state index contributed by atoms with van der Waals surface area (Å²) in [6, 6.07) is 14.8. The molecular formula is C18H12ClN3O2S. The van der Waals surface area contributed by atoms with Crippen LogP contribution in [0.4, 0.5) is 0 Å². The van der Waals surface area contributed by atoms with Crippen molar-refractivity contribution in [2.75, 3.05) is 7.11 Å². The molecule has 0 aliphatic carbocycles. The lowest BCUT2D eigenvalue weighted by molar-refractivity contribution is 0.414. The molecule has 25 heavy (non-hydrogen) atoms. The summed E-state index contributed by atoms with van der Waals surface area (Å²) >= 11 is 7.30. The lowest BCUT2D eigenvalue weighted by Crippen LogP contribution is -2.23. The van der Waals surface area contributed by atoms with E-state index in [9.17, 15) is 4.79 Å². The smallest absolute Gasteiger partial charge is 0.291 e. The Morgan fingerprint density at radius 1 is 1.20 bits per heavy atom. The van der Waals surface area contributed by atoms with Crippen molar-refractivity contribution in [1.82, 2.24) is 14.6 Å². The Bertz CT molecular complexity index is 1180. The van der Waals surface area contributed by atoms with E-state index in [2.05, 4.69) is 10.1 Å². The molecule has 0 N–H and O–H groups in total. The third-order valence-electron chi connectivity index (χ3n) is 3.66. The monoisotopic (exact) mass is 369 g/mol. The number of rotatable bonds is 3. The summed E-state index contributed by atoms with van der Waals surface area (Å²) in [5.41, 5.74) is 1.47.